The molecule has 9 fully saturated rings. The molecule has 0 aromatic rings. The summed E-state index contributed by atoms with van der Waals surface area (Å²) in [6, 6.07) is 0. The highest BCUT2D eigenvalue weighted by Crippen LogP contribution is 2.89. The van der Waals surface area contributed by atoms with Gasteiger partial charge in [0.1, 0.15) is 30.0 Å². The fourth-order valence-electron chi connectivity index (χ4n) is 14.2. The minimum Gasteiger partial charge on any atom is -0.392 e. The third-order valence-corrected chi connectivity index (χ3v) is 16.5. The molecule has 0 bridgehead atoms. The van der Waals surface area contributed by atoms with E-state index >= 15 is 0 Å². The third kappa shape index (κ3) is 3.37. The third-order valence-electron chi connectivity index (χ3n) is 16.5. The van der Waals surface area contributed by atoms with Gasteiger partial charge in [-0.25, -0.2) is 0 Å². The number of fused-ring (bicyclic) bond motifs is 6. The monoisotopic (exact) mass is 634 g/mol. The van der Waals surface area contributed by atoms with Gasteiger partial charge in [0, 0.05) is 18.3 Å². The summed E-state index contributed by atoms with van der Waals surface area (Å²) in [5.74, 6) is 0.665. The van der Waals surface area contributed by atoms with E-state index in [-0.39, 0.29) is 57.9 Å². The molecule has 19 atom stereocenters. The van der Waals surface area contributed by atoms with Crippen LogP contribution in [0.4, 0.5) is 0 Å². The van der Waals surface area contributed by atoms with Crippen LogP contribution in [-0.4, -0.2) is 98.8 Å². The average Bonchev–Trinajstić information content (AvgIpc) is 3.82. The Kier molecular flexibility index (Phi) is 6.02. The van der Waals surface area contributed by atoms with Crippen molar-refractivity contribution < 1.29 is 49.2 Å². The molecule has 4 heterocycles. The maximum absolute atomic E-state index is 12.1. The fraction of sp³-hybridized carbons (Fsp3) is 1.00. The zero-order valence-electron chi connectivity index (χ0n) is 27.6. The van der Waals surface area contributed by atoms with Crippen molar-refractivity contribution in [1.29, 1.82) is 0 Å². The number of epoxide rings is 1. The van der Waals surface area contributed by atoms with Gasteiger partial charge in [0.05, 0.1) is 24.9 Å². The molecule has 0 aromatic carbocycles. The van der Waals surface area contributed by atoms with Gasteiger partial charge in [-0.05, 0) is 90.8 Å². The summed E-state index contributed by atoms with van der Waals surface area (Å²) >= 11 is 0. The summed E-state index contributed by atoms with van der Waals surface area (Å²) in [6.07, 6.45) is 0.714. The van der Waals surface area contributed by atoms with Crippen LogP contribution < -0.4 is 0 Å². The van der Waals surface area contributed by atoms with E-state index in [0.717, 1.165) is 44.9 Å². The highest BCUT2D eigenvalue weighted by Gasteiger charge is 2.86. The quantitative estimate of drug-likeness (QED) is 0.226. The van der Waals surface area contributed by atoms with Crippen LogP contribution in [0.2, 0.25) is 0 Å². The number of hydrogen-bond donors (Lipinski definition) is 5. The van der Waals surface area contributed by atoms with Gasteiger partial charge in [0.2, 0.25) is 5.79 Å². The second-order valence-electron chi connectivity index (χ2n) is 18.4. The average molecular weight is 635 g/mol. The van der Waals surface area contributed by atoms with Crippen molar-refractivity contribution in [3.8, 4) is 0 Å². The van der Waals surface area contributed by atoms with Crippen LogP contribution in [0.3, 0.4) is 0 Å². The predicted molar refractivity (Wildman–Crippen MR) is 158 cm³/mol. The van der Waals surface area contributed by atoms with Gasteiger partial charge in [0.15, 0.2) is 12.6 Å². The zero-order chi connectivity index (χ0) is 31.9. The van der Waals surface area contributed by atoms with Crippen molar-refractivity contribution in [2.45, 2.75) is 160 Å². The molecule has 5 aliphatic carbocycles. The standard InChI is InChI=1S/C35H54O10/c1-16-12-35(27-32(6,44-27)28(40)45-35)43-18-13-31(5)20-8-7-19-29(2,3)22(42-26-25(39)24(38)17(36)14-41-26)11-21(37)34(19)15-33(20,34)10-9-30(31,4)23(16)18/h16-28,36-40H,7-15H2,1-6H3/t16-,17-,18+,19+,20-,21+,22+,23-,24+,25-,26+,27-,28-,30-,31+,32+,33+,34-,35-/m1/s1. The molecular formula is C35H54O10. The van der Waals surface area contributed by atoms with E-state index in [0.29, 0.717) is 24.2 Å². The largest absolute Gasteiger partial charge is 0.392 e. The van der Waals surface area contributed by atoms with Gasteiger partial charge in [-0.2, -0.15) is 0 Å². The number of aliphatic hydroxyl groups is 5. The first-order valence-electron chi connectivity index (χ1n) is 17.7. The SMILES string of the molecule is C[C@@H]1C[C@@]2(O[C@H]3C[C@@]4(C)[C@H]5CC[C@H]6C(C)(C)[C@@H](O[C@@H]7OC[C@@H](O)[C@H](O)[C@H]7O)C[C@H](O)[C@@]67C[C@@]57CC[C@]4(C)[C@H]13)O[C@@H](O)[C@@]1(C)O[C@@H]21. The predicted octanol–water partition coefficient (Wildman–Crippen LogP) is 2.46. The van der Waals surface area contributed by atoms with Gasteiger partial charge >= 0.3 is 0 Å². The first kappa shape index (κ1) is 30.6. The van der Waals surface area contributed by atoms with Gasteiger partial charge < -0.3 is 49.2 Å². The lowest BCUT2D eigenvalue weighted by molar-refractivity contribution is -0.344. The number of aliphatic hydroxyl groups excluding tert-OH is 5. The Morgan fingerprint density at radius 1 is 0.800 bits per heavy atom. The summed E-state index contributed by atoms with van der Waals surface area (Å²) in [6.45, 7) is 13.7. The highest BCUT2D eigenvalue weighted by atomic mass is 16.8. The van der Waals surface area contributed by atoms with Crippen molar-refractivity contribution in [1.82, 2.24) is 0 Å². The smallest absolute Gasteiger partial charge is 0.201 e. The van der Waals surface area contributed by atoms with Crippen molar-refractivity contribution in [3.63, 3.8) is 0 Å². The minimum atomic E-state index is -1.34. The van der Waals surface area contributed by atoms with Crippen LogP contribution >= 0.6 is 0 Å². The van der Waals surface area contributed by atoms with Crippen LogP contribution in [0.15, 0.2) is 0 Å². The molecule has 0 aromatic heterocycles. The Labute approximate surface area is 266 Å². The van der Waals surface area contributed by atoms with Crippen LogP contribution in [0, 0.1) is 50.7 Å². The van der Waals surface area contributed by atoms with E-state index in [1.54, 1.807) is 0 Å². The van der Waals surface area contributed by atoms with Crippen molar-refractivity contribution in [2.75, 3.05) is 6.61 Å². The van der Waals surface area contributed by atoms with Crippen molar-refractivity contribution >= 4 is 0 Å². The summed E-state index contributed by atoms with van der Waals surface area (Å²) < 4.78 is 31.2. The Morgan fingerprint density at radius 2 is 1.53 bits per heavy atom. The second kappa shape index (κ2) is 8.84. The Bertz CT molecular complexity index is 1280. The van der Waals surface area contributed by atoms with E-state index in [1.807, 2.05) is 6.92 Å². The van der Waals surface area contributed by atoms with Crippen molar-refractivity contribution in [2.24, 2.45) is 50.7 Å². The Morgan fingerprint density at radius 3 is 2.22 bits per heavy atom. The molecule has 0 radical (unpaired) electrons. The maximum Gasteiger partial charge on any atom is 0.201 e. The molecule has 10 heteroatoms. The molecule has 3 spiro atoms. The first-order chi connectivity index (χ1) is 21.0. The lowest BCUT2D eigenvalue weighted by atomic mass is 9.41. The fourth-order valence-corrected chi connectivity index (χ4v) is 14.2. The number of ether oxygens (including phenoxy) is 5. The minimum absolute atomic E-state index is 0.0476. The van der Waals surface area contributed by atoms with Gasteiger partial charge in [-0.15, -0.1) is 0 Å². The molecular weight excluding hydrogens is 580 g/mol. The topological polar surface area (TPSA) is 151 Å². The van der Waals surface area contributed by atoms with Crippen LogP contribution in [0.5, 0.6) is 0 Å². The molecule has 4 aliphatic heterocycles. The van der Waals surface area contributed by atoms with E-state index in [4.69, 9.17) is 23.7 Å². The van der Waals surface area contributed by atoms with Crippen LogP contribution in [0.1, 0.15) is 92.9 Å². The summed E-state index contributed by atoms with van der Waals surface area (Å²) in [4.78, 5) is 0. The number of hydrogen-bond acceptors (Lipinski definition) is 10. The summed E-state index contributed by atoms with van der Waals surface area (Å²) in [7, 11) is 0. The van der Waals surface area contributed by atoms with Gasteiger partial charge in [-0.3, -0.25) is 0 Å². The molecule has 5 saturated carbocycles. The van der Waals surface area contributed by atoms with Gasteiger partial charge in [-0.1, -0.05) is 34.6 Å². The van der Waals surface area contributed by atoms with E-state index in [2.05, 4.69) is 34.6 Å². The molecule has 9 aliphatic rings. The zero-order valence-corrected chi connectivity index (χ0v) is 27.6. The molecule has 9 rings (SSSR count). The molecule has 4 saturated heterocycles. The lowest BCUT2D eigenvalue weighted by Gasteiger charge is -2.64. The summed E-state index contributed by atoms with van der Waals surface area (Å²) in [5, 5.41) is 53.6. The number of rotatable bonds is 2. The molecule has 5 N–H and O–H groups in total. The Balaban J connectivity index is 0.994. The van der Waals surface area contributed by atoms with E-state index in [9.17, 15) is 25.5 Å². The summed E-state index contributed by atoms with van der Waals surface area (Å²) in [5.41, 5.74) is -0.855. The molecule has 254 valence electrons. The Hall–Kier alpha value is -0.400. The maximum atomic E-state index is 12.1. The van der Waals surface area contributed by atoms with E-state index < -0.39 is 48.4 Å². The van der Waals surface area contributed by atoms with Crippen LogP contribution in [0.25, 0.3) is 0 Å². The normalized spacial score (nSPS) is 66.9. The lowest BCUT2D eigenvalue weighted by Crippen LogP contribution is -2.63. The second-order valence-corrected chi connectivity index (χ2v) is 18.4. The first-order valence-corrected chi connectivity index (χ1v) is 17.7. The molecule has 10 nitrogen and oxygen atoms in total. The van der Waals surface area contributed by atoms with Crippen LogP contribution in [-0.2, 0) is 23.7 Å². The van der Waals surface area contributed by atoms with Crippen molar-refractivity contribution in [3.05, 3.63) is 0 Å². The molecule has 0 amide bonds. The van der Waals surface area contributed by atoms with Gasteiger partial charge in [0.25, 0.3) is 0 Å². The highest BCUT2D eigenvalue weighted by molar-refractivity contribution is 5.33. The molecule has 0 unspecified atom stereocenters. The molecule has 45 heavy (non-hydrogen) atoms. The van der Waals surface area contributed by atoms with E-state index in [1.165, 1.54) is 0 Å².